The van der Waals surface area contributed by atoms with Gasteiger partial charge in [0.2, 0.25) is 0 Å². The second-order valence-corrected chi connectivity index (χ2v) is 4.71. The summed E-state index contributed by atoms with van der Waals surface area (Å²) in [7, 11) is 1.68. The summed E-state index contributed by atoms with van der Waals surface area (Å²) < 4.78 is 0. The first-order valence-electron chi connectivity index (χ1n) is 5.49. The third kappa shape index (κ3) is 4.93. The number of halogens is 1. The molecule has 96 valence electrons. The fourth-order valence-corrected chi connectivity index (χ4v) is 1.50. The zero-order valence-electron chi connectivity index (χ0n) is 10.9. The number of nitrogens with zero attached hydrogens (tertiary/aromatic N) is 1. The van der Waals surface area contributed by atoms with E-state index < -0.39 is 0 Å². The van der Waals surface area contributed by atoms with Gasteiger partial charge in [-0.15, -0.1) is 24.0 Å². The molecule has 0 heterocycles. The van der Waals surface area contributed by atoms with Crippen molar-refractivity contribution in [2.24, 2.45) is 10.7 Å². The number of nitrogens with one attached hydrogen (secondary N) is 1. The van der Waals surface area contributed by atoms with E-state index >= 15 is 0 Å². The highest BCUT2D eigenvalue weighted by molar-refractivity contribution is 14.0. The van der Waals surface area contributed by atoms with Gasteiger partial charge in [-0.05, 0) is 12.5 Å². The van der Waals surface area contributed by atoms with Crippen LogP contribution in [0.3, 0.4) is 0 Å². The SMILES string of the molecule is CN=C(N)NCC(C)(C)c1ccc(C)cc1.I. The van der Waals surface area contributed by atoms with Crippen LogP contribution in [0.5, 0.6) is 0 Å². The average Bonchev–Trinajstić information content (AvgIpc) is 2.26. The van der Waals surface area contributed by atoms with Crippen LogP contribution in [-0.2, 0) is 5.41 Å². The van der Waals surface area contributed by atoms with Crippen molar-refractivity contribution in [3.63, 3.8) is 0 Å². The van der Waals surface area contributed by atoms with E-state index in [1.165, 1.54) is 11.1 Å². The van der Waals surface area contributed by atoms with Crippen LogP contribution < -0.4 is 11.1 Å². The molecule has 0 aliphatic carbocycles. The second kappa shape index (κ2) is 6.83. The molecule has 0 saturated heterocycles. The van der Waals surface area contributed by atoms with Crippen LogP contribution in [0.2, 0.25) is 0 Å². The highest BCUT2D eigenvalue weighted by Crippen LogP contribution is 2.22. The van der Waals surface area contributed by atoms with Crippen LogP contribution in [0.25, 0.3) is 0 Å². The molecule has 1 aromatic carbocycles. The van der Waals surface area contributed by atoms with Crippen LogP contribution in [0.1, 0.15) is 25.0 Å². The van der Waals surface area contributed by atoms with Crippen molar-refractivity contribution >= 4 is 29.9 Å². The van der Waals surface area contributed by atoms with Crippen molar-refractivity contribution in [3.05, 3.63) is 35.4 Å². The Bertz CT molecular complexity index is 369. The van der Waals surface area contributed by atoms with Crippen LogP contribution in [0, 0.1) is 6.92 Å². The molecule has 0 fully saturated rings. The molecule has 0 aliphatic rings. The van der Waals surface area contributed by atoms with Gasteiger partial charge < -0.3 is 11.1 Å². The largest absolute Gasteiger partial charge is 0.370 e. The molecule has 0 atom stereocenters. The first-order chi connectivity index (χ1) is 7.45. The highest BCUT2D eigenvalue weighted by atomic mass is 127. The minimum Gasteiger partial charge on any atom is -0.370 e. The second-order valence-electron chi connectivity index (χ2n) is 4.71. The molecular formula is C13H22IN3. The Kier molecular flexibility index (Phi) is 6.52. The summed E-state index contributed by atoms with van der Waals surface area (Å²) in [6.45, 7) is 7.25. The number of aliphatic imine (C=N–C) groups is 1. The van der Waals surface area contributed by atoms with Gasteiger partial charge in [-0.1, -0.05) is 43.7 Å². The molecule has 0 bridgehead atoms. The fraction of sp³-hybridized carbons (Fsp3) is 0.462. The van der Waals surface area contributed by atoms with Gasteiger partial charge in [0, 0.05) is 19.0 Å². The number of hydrogen-bond donors (Lipinski definition) is 2. The quantitative estimate of drug-likeness (QED) is 0.501. The monoisotopic (exact) mass is 347 g/mol. The van der Waals surface area contributed by atoms with E-state index in [2.05, 4.69) is 55.3 Å². The molecule has 0 aliphatic heterocycles. The molecule has 3 N–H and O–H groups in total. The predicted octanol–water partition coefficient (Wildman–Crippen LogP) is 2.42. The maximum Gasteiger partial charge on any atom is 0.188 e. The number of rotatable bonds is 3. The van der Waals surface area contributed by atoms with Gasteiger partial charge in [-0.25, -0.2) is 0 Å². The van der Waals surface area contributed by atoms with Crippen LogP contribution in [0.4, 0.5) is 0 Å². The molecule has 3 nitrogen and oxygen atoms in total. The zero-order chi connectivity index (χ0) is 12.2. The van der Waals surface area contributed by atoms with Crippen molar-refractivity contribution in [1.82, 2.24) is 5.32 Å². The third-order valence-corrected chi connectivity index (χ3v) is 2.79. The highest BCUT2D eigenvalue weighted by Gasteiger charge is 2.20. The Morgan fingerprint density at radius 2 is 1.82 bits per heavy atom. The maximum atomic E-state index is 5.62. The normalized spacial score (nSPS) is 11.9. The summed E-state index contributed by atoms with van der Waals surface area (Å²) in [5.74, 6) is 0.486. The van der Waals surface area contributed by atoms with Gasteiger partial charge >= 0.3 is 0 Å². The number of benzene rings is 1. The van der Waals surface area contributed by atoms with Crippen molar-refractivity contribution in [2.75, 3.05) is 13.6 Å². The van der Waals surface area contributed by atoms with Gasteiger partial charge in [0.25, 0.3) is 0 Å². The number of guanidine groups is 1. The summed E-state index contributed by atoms with van der Waals surface area (Å²) in [5, 5.41) is 3.11. The van der Waals surface area contributed by atoms with Crippen molar-refractivity contribution in [1.29, 1.82) is 0 Å². The standard InChI is InChI=1S/C13H21N3.HI/c1-10-5-7-11(8-6-10)13(2,3)9-16-12(14)15-4;/h5-8H,9H2,1-4H3,(H3,14,15,16);1H. The summed E-state index contributed by atoms with van der Waals surface area (Å²) in [4.78, 5) is 3.88. The predicted molar refractivity (Wildman–Crippen MR) is 85.2 cm³/mol. The molecule has 0 spiro atoms. The van der Waals surface area contributed by atoms with E-state index in [1.807, 2.05) is 0 Å². The topological polar surface area (TPSA) is 50.4 Å². The Balaban J connectivity index is 0.00000256. The minimum absolute atomic E-state index is 0. The molecule has 0 unspecified atom stereocenters. The first kappa shape index (κ1) is 16.2. The number of nitrogens with two attached hydrogens (primary N) is 1. The smallest absolute Gasteiger partial charge is 0.188 e. The molecule has 0 aromatic heterocycles. The average molecular weight is 347 g/mol. The molecule has 4 heteroatoms. The summed E-state index contributed by atoms with van der Waals surface area (Å²) in [6, 6.07) is 8.59. The molecule has 1 rings (SSSR count). The molecular weight excluding hydrogens is 325 g/mol. The van der Waals surface area contributed by atoms with E-state index in [9.17, 15) is 0 Å². The number of aryl methyl sites for hydroxylation is 1. The summed E-state index contributed by atoms with van der Waals surface area (Å²) in [6.07, 6.45) is 0. The van der Waals surface area contributed by atoms with Crippen molar-refractivity contribution < 1.29 is 0 Å². The molecule has 1 aromatic rings. The lowest BCUT2D eigenvalue weighted by Crippen LogP contribution is -2.40. The Hall–Kier alpha value is -0.780. The summed E-state index contributed by atoms with van der Waals surface area (Å²) in [5.41, 5.74) is 8.25. The number of hydrogen-bond acceptors (Lipinski definition) is 1. The van der Waals surface area contributed by atoms with Gasteiger partial charge in [-0.2, -0.15) is 0 Å². The zero-order valence-corrected chi connectivity index (χ0v) is 13.3. The van der Waals surface area contributed by atoms with E-state index in [0.29, 0.717) is 5.96 Å². The summed E-state index contributed by atoms with van der Waals surface area (Å²) >= 11 is 0. The van der Waals surface area contributed by atoms with Gasteiger partial charge in [0.1, 0.15) is 0 Å². The van der Waals surface area contributed by atoms with Crippen molar-refractivity contribution in [3.8, 4) is 0 Å². The van der Waals surface area contributed by atoms with E-state index in [4.69, 9.17) is 5.73 Å². The fourth-order valence-electron chi connectivity index (χ4n) is 1.50. The van der Waals surface area contributed by atoms with Crippen LogP contribution >= 0.6 is 24.0 Å². The minimum atomic E-state index is 0. The Morgan fingerprint density at radius 3 is 2.29 bits per heavy atom. The van der Waals surface area contributed by atoms with Crippen LogP contribution in [-0.4, -0.2) is 19.6 Å². The lowest BCUT2D eigenvalue weighted by molar-refractivity contribution is 0.512. The van der Waals surface area contributed by atoms with E-state index in [0.717, 1.165) is 6.54 Å². The van der Waals surface area contributed by atoms with Gasteiger partial charge in [0.05, 0.1) is 0 Å². The lowest BCUT2D eigenvalue weighted by Gasteiger charge is -2.26. The Morgan fingerprint density at radius 1 is 1.29 bits per heavy atom. The first-order valence-corrected chi connectivity index (χ1v) is 5.49. The lowest BCUT2D eigenvalue weighted by atomic mass is 9.84. The molecule has 0 saturated carbocycles. The van der Waals surface area contributed by atoms with E-state index in [1.54, 1.807) is 7.05 Å². The van der Waals surface area contributed by atoms with Crippen molar-refractivity contribution in [2.45, 2.75) is 26.2 Å². The molecule has 0 amide bonds. The Labute approximate surface area is 121 Å². The maximum absolute atomic E-state index is 5.62. The molecule has 17 heavy (non-hydrogen) atoms. The van der Waals surface area contributed by atoms with Crippen LogP contribution in [0.15, 0.2) is 29.3 Å². The van der Waals surface area contributed by atoms with Gasteiger partial charge in [-0.3, -0.25) is 4.99 Å². The van der Waals surface area contributed by atoms with Gasteiger partial charge in [0.15, 0.2) is 5.96 Å². The third-order valence-electron chi connectivity index (χ3n) is 2.79. The molecule has 0 radical (unpaired) electrons. The van der Waals surface area contributed by atoms with E-state index in [-0.39, 0.29) is 29.4 Å².